The van der Waals surface area contributed by atoms with E-state index in [0.29, 0.717) is 17.5 Å². The summed E-state index contributed by atoms with van der Waals surface area (Å²) >= 11 is 0. The Morgan fingerprint density at radius 2 is 1.72 bits per heavy atom. The summed E-state index contributed by atoms with van der Waals surface area (Å²) in [4.78, 5) is 38.4. The topological polar surface area (TPSA) is 91.7 Å². The summed E-state index contributed by atoms with van der Waals surface area (Å²) in [6.45, 7) is 1.01. The molecular formula is C23H21F2N3O4. The second-order valence-electron chi connectivity index (χ2n) is 7.09. The van der Waals surface area contributed by atoms with Gasteiger partial charge in [-0.3, -0.25) is 14.4 Å². The van der Waals surface area contributed by atoms with Crippen molar-refractivity contribution in [2.24, 2.45) is 0 Å². The Morgan fingerprint density at radius 3 is 2.38 bits per heavy atom. The summed E-state index contributed by atoms with van der Waals surface area (Å²) in [7, 11) is 0. The van der Waals surface area contributed by atoms with Crippen molar-refractivity contribution >= 4 is 23.4 Å². The van der Waals surface area contributed by atoms with E-state index in [2.05, 4.69) is 10.6 Å². The minimum Gasteiger partial charge on any atom is -0.467 e. The molecule has 0 radical (unpaired) electrons. The fourth-order valence-electron chi connectivity index (χ4n) is 2.99. The van der Waals surface area contributed by atoms with Crippen molar-refractivity contribution in [1.29, 1.82) is 0 Å². The molecular weight excluding hydrogens is 420 g/mol. The van der Waals surface area contributed by atoms with Crippen molar-refractivity contribution in [2.45, 2.75) is 13.5 Å². The third kappa shape index (κ3) is 6.49. The van der Waals surface area contributed by atoms with E-state index in [1.54, 1.807) is 30.3 Å². The molecule has 1 heterocycles. The first kappa shape index (κ1) is 22.7. The molecule has 0 unspecified atom stereocenters. The number of nitrogens with zero attached hydrogens (tertiary/aromatic N) is 1. The van der Waals surface area contributed by atoms with Crippen molar-refractivity contribution in [2.75, 3.05) is 18.4 Å². The quantitative estimate of drug-likeness (QED) is 0.561. The Labute approximate surface area is 183 Å². The number of aryl methyl sites for hydroxylation is 1. The number of furan rings is 1. The van der Waals surface area contributed by atoms with Gasteiger partial charge in [-0.05, 0) is 48.9 Å². The first-order valence-corrected chi connectivity index (χ1v) is 9.71. The van der Waals surface area contributed by atoms with Crippen LogP contribution in [0.15, 0.2) is 65.3 Å². The Morgan fingerprint density at radius 1 is 0.969 bits per heavy atom. The molecule has 7 nitrogen and oxygen atoms in total. The molecule has 2 aromatic carbocycles. The number of halogens is 2. The van der Waals surface area contributed by atoms with Gasteiger partial charge in [0.05, 0.1) is 19.4 Å². The lowest BCUT2D eigenvalue weighted by molar-refractivity contribution is -0.124. The monoisotopic (exact) mass is 441 g/mol. The Balaban J connectivity index is 1.64. The Bertz CT molecular complexity index is 1100. The van der Waals surface area contributed by atoms with E-state index in [0.717, 1.165) is 22.6 Å². The number of benzene rings is 2. The summed E-state index contributed by atoms with van der Waals surface area (Å²) in [5.41, 5.74) is 1.30. The van der Waals surface area contributed by atoms with Gasteiger partial charge in [-0.1, -0.05) is 12.1 Å². The SMILES string of the molecule is Cc1cccc(NC(=O)CNC(=O)CN(Cc2ccco2)C(=O)c2cc(F)cc(F)c2)c1. The van der Waals surface area contributed by atoms with Crippen LogP contribution in [0.3, 0.4) is 0 Å². The van der Waals surface area contributed by atoms with Crippen molar-refractivity contribution in [3.63, 3.8) is 0 Å². The van der Waals surface area contributed by atoms with Gasteiger partial charge < -0.3 is 20.0 Å². The second kappa shape index (κ2) is 10.3. The molecule has 0 aliphatic carbocycles. The molecule has 0 saturated carbocycles. The van der Waals surface area contributed by atoms with Crippen molar-refractivity contribution < 1.29 is 27.6 Å². The van der Waals surface area contributed by atoms with Gasteiger partial charge in [-0.15, -0.1) is 0 Å². The fourth-order valence-corrected chi connectivity index (χ4v) is 2.99. The molecule has 0 spiro atoms. The third-order valence-corrected chi connectivity index (χ3v) is 4.41. The van der Waals surface area contributed by atoms with Gasteiger partial charge in [-0.25, -0.2) is 8.78 Å². The standard InChI is InChI=1S/C23H21F2N3O4/c1-15-4-2-5-19(8-15)27-21(29)12-26-22(30)14-28(13-20-6-3-7-32-20)23(31)16-9-17(24)11-18(25)10-16/h2-11H,12-14H2,1H3,(H,26,30)(H,27,29). The minimum atomic E-state index is -0.913. The van der Waals surface area contributed by atoms with Crippen LogP contribution in [0.25, 0.3) is 0 Å². The number of hydrogen-bond acceptors (Lipinski definition) is 4. The van der Waals surface area contributed by atoms with Crippen LogP contribution in [0.2, 0.25) is 0 Å². The van der Waals surface area contributed by atoms with Crippen LogP contribution < -0.4 is 10.6 Å². The van der Waals surface area contributed by atoms with E-state index < -0.39 is 35.9 Å². The lowest BCUT2D eigenvalue weighted by Crippen LogP contribution is -2.42. The maximum absolute atomic E-state index is 13.6. The van der Waals surface area contributed by atoms with Crippen LogP contribution in [0.5, 0.6) is 0 Å². The molecule has 0 atom stereocenters. The predicted molar refractivity (Wildman–Crippen MR) is 113 cm³/mol. The lowest BCUT2D eigenvalue weighted by atomic mass is 10.1. The molecule has 3 rings (SSSR count). The molecule has 3 aromatic rings. The zero-order valence-electron chi connectivity index (χ0n) is 17.2. The summed E-state index contributed by atoms with van der Waals surface area (Å²) in [5, 5.41) is 5.09. The smallest absolute Gasteiger partial charge is 0.254 e. The normalized spacial score (nSPS) is 10.5. The number of amides is 3. The number of nitrogens with one attached hydrogen (secondary N) is 2. The zero-order valence-corrected chi connectivity index (χ0v) is 17.2. The molecule has 0 saturated heterocycles. The molecule has 32 heavy (non-hydrogen) atoms. The molecule has 0 aliphatic heterocycles. The van der Waals surface area contributed by atoms with Crippen LogP contribution >= 0.6 is 0 Å². The molecule has 166 valence electrons. The number of carbonyl (C=O) groups is 3. The molecule has 0 bridgehead atoms. The fraction of sp³-hybridized carbons (Fsp3) is 0.174. The molecule has 2 N–H and O–H groups in total. The molecule has 0 fully saturated rings. The van der Waals surface area contributed by atoms with Gasteiger partial charge in [-0.2, -0.15) is 0 Å². The van der Waals surface area contributed by atoms with E-state index in [4.69, 9.17) is 4.42 Å². The minimum absolute atomic E-state index is 0.104. The maximum Gasteiger partial charge on any atom is 0.254 e. The number of carbonyl (C=O) groups excluding carboxylic acids is 3. The largest absolute Gasteiger partial charge is 0.467 e. The second-order valence-corrected chi connectivity index (χ2v) is 7.09. The summed E-state index contributed by atoms with van der Waals surface area (Å²) in [5.74, 6) is -3.28. The van der Waals surface area contributed by atoms with E-state index in [-0.39, 0.29) is 18.7 Å². The van der Waals surface area contributed by atoms with Crippen LogP contribution in [0.1, 0.15) is 21.7 Å². The van der Waals surface area contributed by atoms with Crippen molar-refractivity contribution in [3.8, 4) is 0 Å². The van der Waals surface area contributed by atoms with Gasteiger partial charge in [0.1, 0.15) is 23.9 Å². The third-order valence-electron chi connectivity index (χ3n) is 4.41. The van der Waals surface area contributed by atoms with Crippen molar-refractivity contribution in [1.82, 2.24) is 10.2 Å². The van der Waals surface area contributed by atoms with E-state index in [1.807, 2.05) is 13.0 Å². The van der Waals surface area contributed by atoms with Crippen LogP contribution in [0, 0.1) is 18.6 Å². The average molecular weight is 441 g/mol. The highest BCUT2D eigenvalue weighted by Crippen LogP contribution is 2.14. The maximum atomic E-state index is 13.6. The van der Waals surface area contributed by atoms with Crippen molar-refractivity contribution in [3.05, 3.63) is 89.4 Å². The molecule has 9 heteroatoms. The molecule has 0 aliphatic rings. The first-order valence-electron chi connectivity index (χ1n) is 9.71. The average Bonchev–Trinajstić information content (AvgIpc) is 3.24. The van der Waals surface area contributed by atoms with Crippen LogP contribution in [0.4, 0.5) is 14.5 Å². The Kier molecular flexibility index (Phi) is 7.33. The van der Waals surface area contributed by atoms with Gasteiger partial charge in [0.15, 0.2) is 0 Å². The van der Waals surface area contributed by atoms with E-state index in [1.165, 1.54) is 6.26 Å². The predicted octanol–water partition coefficient (Wildman–Crippen LogP) is 3.26. The van der Waals surface area contributed by atoms with Gasteiger partial charge in [0.2, 0.25) is 11.8 Å². The first-order chi connectivity index (χ1) is 15.3. The highest BCUT2D eigenvalue weighted by molar-refractivity contribution is 5.98. The zero-order chi connectivity index (χ0) is 23.1. The lowest BCUT2D eigenvalue weighted by Gasteiger charge is -2.21. The van der Waals surface area contributed by atoms with Gasteiger partial charge >= 0.3 is 0 Å². The molecule has 3 amide bonds. The molecule has 1 aromatic heterocycles. The van der Waals surface area contributed by atoms with Crippen LogP contribution in [-0.2, 0) is 16.1 Å². The van der Waals surface area contributed by atoms with Crippen LogP contribution in [-0.4, -0.2) is 35.7 Å². The van der Waals surface area contributed by atoms with Gasteiger partial charge in [0, 0.05) is 17.3 Å². The van der Waals surface area contributed by atoms with Gasteiger partial charge in [0.25, 0.3) is 5.91 Å². The highest BCUT2D eigenvalue weighted by atomic mass is 19.1. The number of hydrogen-bond donors (Lipinski definition) is 2. The summed E-state index contributed by atoms with van der Waals surface area (Å²) in [6, 6.07) is 12.8. The number of anilines is 1. The number of rotatable bonds is 8. The Hall–Kier alpha value is -4.01. The summed E-state index contributed by atoms with van der Waals surface area (Å²) < 4.78 is 32.3. The highest BCUT2D eigenvalue weighted by Gasteiger charge is 2.22. The summed E-state index contributed by atoms with van der Waals surface area (Å²) in [6.07, 6.45) is 1.40. The van der Waals surface area contributed by atoms with E-state index in [9.17, 15) is 23.2 Å². The van der Waals surface area contributed by atoms with E-state index >= 15 is 0 Å².